The summed E-state index contributed by atoms with van der Waals surface area (Å²) in [5.41, 5.74) is 2.18. The molecule has 1 aliphatic carbocycles. The molecule has 2 fully saturated rings. The Labute approximate surface area is 125 Å². The standard InChI is InChI=1S/C17H22N2O2/c1-3-13-6-4-5-7-15(13)19-11-10-18(12(2)16(19)20)17(21)14-8-9-14/h4-7,12,14H,3,8-11H2,1-2H3. The van der Waals surface area contributed by atoms with Gasteiger partial charge in [0.25, 0.3) is 0 Å². The molecule has 21 heavy (non-hydrogen) atoms. The van der Waals surface area contributed by atoms with Crippen LogP contribution in [0.25, 0.3) is 0 Å². The van der Waals surface area contributed by atoms with Crippen LogP contribution in [-0.2, 0) is 16.0 Å². The lowest BCUT2D eigenvalue weighted by molar-refractivity contribution is -0.141. The minimum Gasteiger partial charge on any atom is -0.329 e. The first-order valence-corrected chi connectivity index (χ1v) is 7.83. The van der Waals surface area contributed by atoms with Crippen molar-refractivity contribution < 1.29 is 9.59 Å². The number of benzene rings is 1. The van der Waals surface area contributed by atoms with Gasteiger partial charge >= 0.3 is 0 Å². The molecule has 4 nitrogen and oxygen atoms in total. The van der Waals surface area contributed by atoms with E-state index in [2.05, 4.69) is 13.0 Å². The number of hydrogen-bond donors (Lipinski definition) is 0. The average molecular weight is 286 g/mol. The molecule has 0 bridgehead atoms. The number of aryl methyl sites for hydroxylation is 1. The third-order valence-corrected chi connectivity index (χ3v) is 4.53. The lowest BCUT2D eigenvalue weighted by atomic mass is 10.1. The molecule has 0 radical (unpaired) electrons. The number of carbonyl (C=O) groups excluding carboxylic acids is 2. The van der Waals surface area contributed by atoms with Crippen molar-refractivity contribution in [3.05, 3.63) is 29.8 Å². The summed E-state index contributed by atoms with van der Waals surface area (Å²) in [6.07, 6.45) is 2.87. The Bertz CT molecular complexity index is 566. The first kappa shape index (κ1) is 14.1. The van der Waals surface area contributed by atoms with E-state index in [1.807, 2.05) is 30.0 Å². The van der Waals surface area contributed by atoms with Gasteiger partial charge in [0.15, 0.2) is 0 Å². The minimum atomic E-state index is -0.350. The molecule has 112 valence electrons. The van der Waals surface area contributed by atoms with E-state index in [1.54, 1.807) is 4.90 Å². The first-order chi connectivity index (χ1) is 10.1. The van der Waals surface area contributed by atoms with Crippen LogP contribution in [0.3, 0.4) is 0 Å². The van der Waals surface area contributed by atoms with Crippen LogP contribution in [-0.4, -0.2) is 35.8 Å². The highest BCUT2D eigenvalue weighted by Crippen LogP contribution is 2.33. The van der Waals surface area contributed by atoms with Gasteiger partial charge in [-0.05, 0) is 37.8 Å². The number of anilines is 1. The molecule has 1 aliphatic heterocycles. The predicted molar refractivity (Wildman–Crippen MR) is 82.1 cm³/mol. The normalized spacial score (nSPS) is 22.6. The van der Waals surface area contributed by atoms with Gasteiger partial charge < -0.3 is 9.80 Å². The van der Waals surface area contributed by atoms with Crippen LogP contribution in [0.4, 0.5) is 5.69 Å². The lowest BCUT2D eigenvalue weighted by Gasteiger charge is -2.39. The van der Waals surface area contributed by atoms with Crippen molar-refractivity contribution in [3.63, 3.8) is 0 Å². The molecule has 2 amide bonds. The highest BCUT2D eigenvalue weighted by atomic mass is 16.2. The predicted octanol–water partition coefficient (Wildman–Crippen LogP) is 2.22. The number of para-hydroxylation sites is 1. The number of hydrogen-bond acceptors (Lipinski definition) is 2. The van der Waals surface area contributed by atoms with Gasteiger partial charge in [-0.25, -0.2) is 0 Å². The number of amides is 2. The van der Waals surface area contributed by atoms with Gasteiger partial charge in [0, 0.05) is 24.7 Å². The van der Waals surface area contributed by atoms with Gasteiger partial charge in [-0.3, -0.25) is 9.59 Å². The summed E-state index contributed by atoms with van der Waals surface area (Å²) in [5, 5.41) is 0. The maximum Gasteiger partial charge on any atom is 0.249 e. The molecule has 0 N–H and O–H groups in total. The van der Waals surface area contributed by atoms with Gasteiger partial charge in [0.05, 0.1) is 0 Å². The van der Waals surface area contributed by atoms with E-state index in [4.69, 9.17) is 0 Å². The molecule has 2 aliphatic rings. The van der Waals surface area contributed by atoms with Crippen LogP contribution in [0.15, 0.2) is 24.3 Å². The van der Waals surface area contributed by atoms with Crippen molar-refractivity contribution in [3.8, 4) is 0 Å². The Morgan fingerprint density at radius 3 is 2.62 bits per heavy atom. The molecule has 0 aromatic heterocycles. The molecule has 0 spiro atoms. The van der Waals surface area contributed by atoms with Crippen LogP contribution in [0.2, 0.25) is 0 Å². The van der Waals surface area contributed by atoms with Crippen LogP contribution in [0.1, 0.15) is 32.3 Å². The Morgan fingerprint density at radius 1 is 1.24 bits per heavy atom. The zero-order valence-corrected chi connectivity index (χ0v) is 12.7. The van der Waals surface area contributed by atoms with E-state index in [0.717, 1.165) is 24.9 Å². The summed E-state index contributed by atoms with van der Waals surface area (Å²) in [6, 6.07) is 7.69. The molecule has 1 saturated heterocycles. The third-order valence-electron chi connectivity index (χ3n) is 4.53. The zero-order valence-electron chi connectivity index (χ0n) is 12.7. The monoisotopic (exact) mass is 286 g/mol. The highest BCUT2D eigenvalue weighted by molar-refractivity contribution is 6.01. The number of carbonyl (C=O) groups is 2. The summed E-state index contributed by atoms with van der Waals surface area (Å²) in [6.45, 7) is 5.18. The maximum atomic E-state index is 12.7. The summed E-state index contributed by atoms with van der Waals surface area (Å²) in [4.78, 5) is 28.5. The number of piperazine rings is 1. The minimum absolute atomic E-state index is 0.0381. The molecule has 1 atom stereocenters. The van der Waals surface area contributed by atoms with Crippen molar-refractivity contribution in [2.75, 3.05) is 18.0 Å². The second-order valence-corrected chi connectivity index (χ2v) is 5.95. The second kappa shape index (κ2) is 5.51. The third kappa shape index (κ3) is 2.55. The molecule has 1 saturated carbocycles. The fraction of sp³-hybridized carbons (Fsp3) is 0.529. The Hall–Kier alpha value is -1.84. The van der Waals surface area contributed by atoms with Crippen molar-refractivity contribution in [2.45, 2.75) is 39.2 Å². The molecular weight excluding hydrogens is 264 g/mol. The number of rotatable bonds is 3. The SMILES string of the molecule is CCc1ccccc1N1CCN(C(=O)C2CC2)C(C)C1=O. The van der Waals surface area contributed by atoms with Crippen molar-refractivity contribution in [1.29, 1.82) is 0 Å². The largest absolute Gasteiger partial charge is 0.329 e. The molecular formula is C17H22N2O2. The smallest absolute Gasteiger partial charge is 0.249 e. The van der Waals surface area contributed by atoms with Crippen molar-refractivity contribution in [1.82, 2.24) is 4.90 Å². The van der Waals surface area contributed by atoms with Gasteiger partial charge in [-0.15, -0.1) is 0 Å². The molecule has 1 unspecified atom stereocenters. The van der Waals surface area contributed by atoms with Crippen LogP contribution in [0, 0.1) is 5.92 Å². The fourth-order valence-electron chi connectivity index (χ4n) is 3.05. The van der Waals surface area contributed by atoms with E-state index in [0.29, 0.717) is 13.1 Å². The molecule has 1 aromatic rings. The Balaban J connectivity index is 1.81. The van der Waals surface area contributed by atoms with E-state index in [9.17, 15) is 9.59 Å². The van der Waals surface area contributed by atoms with Crippen molar-refractivity contribution >= 4 is 17.5 Å². The van der Waals surface area contributed by atoms with E-state index in [1.165, 1.54) is 5.56 Å². The number of nitrogens with zero attached hydrogens (tertiary/aromatic N) is 2. The van der Waals surface area contributed by atoms with Crippen LogP contribution < -0.4 is 4.90 Å². The van der Waals surface area contributed by atoms with Gasteiger partial charge in [0.2, 0.25) is 11.8 Å². The molecule has 3 rings (SSSR count). The summed E-state index contributed by atoms with van der Waals surface area (Å²) < 4.78 is 0. The van der Waals surface area contributed by atoms with E-state index >= 15 is 0 Å². The maximum absolute atomic E-state index is 12.7. The van der Waals surface area contributed by atoms with Gasteiger partial charge in [-0.1, -0.05) is 25.1 Å². The second-order valence-electron chi connectivity index (χ2n) is 5.95. The topological polar surface area (TPSA) is 40.6 Å². The highest BCUT2D eigenvalue weighted by Gasteiger charge is 2.41. The fourth-order valence-corrected chi connectivity index (χ4v) is 3.05. The average Bonchev–Trinajstić information content (AvgIpc) is 3.34. The van der Waals surface area contributed by atoms with Gasteiger partial charge in [-0.2, -0.15) is 0 Å². The van der Waals surface area contributed by atoms with Crippen LogP contribution >= 0.6 is 0 Å². The quantitative estimate of drug-likeness (QED) is 0.855. The Kier molecular flexibility index (Phi) is 3.70. The van der Waals surface area contributed by atoms with E-state index in [-0.39, 0.29) is 23.8 Å². The molecule has 1 heterocycles. The lowest BCUT2D eigenvalue weighted by Crippen LogP contribution is -2.58. The van der Waals surface area contributed by atoms with E-state index < -0.39 is 0 Å². The summed E-state index contributed by atoms with van der Waals surface area (Å²) in [5.74, 6) is 0.380. The zero-order chi connectivity index (χ0) is 15.0. The summed E-state index contributed by atoms with van der Waals surface area (Å²) >= 11 is 0. The Morgan fingerprint density at radius 2 is 1.95 bits per heavy atom. The molecule has 4 heteroatoms. The molecule has 1 aromatic carbocycles. The summed E-state index contributed by atoms with van der Waals surface area (Å²) in [7, 11) is 0. The van der Waals surface area contributed by atoms with Gasteiger partial charge in [0.1, 0.15) is 6.04 Å². The van der Waals surface area contributed by atoms with Crippen LogP contribution in [0.5, 0.6) is 0 Å². The first-order valence-electron chi connectivity index (χ1n) is 7.83. The van der Waals surface area contributed by atoms with Crippen molar-refractivity contribution in [2.24, 2.45) is 5.92 Å².